The second kappa shape index (κ2) is 5.21. The SMILES string of the molecule is CC(C)(O)C#Cc1cc(C#CC(C)(C)O)c2nonc2c1. The average Bonchev–Trinajstić information content (AvgIpc) is 2.79. The first-order valence-corrected chi connectivity index (χ1v) is 6.41. The summed E-state index contributed by atoms with van der Waals surface area (Å²) >= 11 is 0. The third kappa shape index (κ3) is 4.32. The first kappa shape index (κ1) is 15.1. The fourth-order valence-electron chi connectivity index (χ4n) is 1.50. The summed E-state index contributed by atoms with van der Waals surface area (Å²) in [5, 5.41) is 26.9. The highest BCUT2D eigenvalue weighted by Crippen LogP contribution is 2.17. The van der Waals surface area contributed by atoms with Crippen LogP contribution in [-0.2, 0) is 0 Å². The molecule has 0 amide bonds. The van der Waals surface area contributed by atoms with E-state index in [1.54, 1.807) is 39.8 Å². The van der Waals surface area contributed by atoms with Crippen LogP contribution in [0.4, 0.5) is 0 Å². The van der Waals surface area contributed by atoms with Gasteiger partial charge in [0, 0.05) is 5.56 Å². The molecule has 0 aliphatic rings. The Bertz CT molecular complexity index is 784. The second-order valence-corrected chi connectivity index (χ2v) is 5.77. The van der Waals surface area contributed by atoms with E-state index in [4.69, 9.17) is 4.63 Å². The fourth-order valence-corrected chi connectivity index (χ4v) is 1.50. The van der Waals surface area contributed by atoms with E-state index in [0.29, 0.717) is 22.2 Å². The molecule has 1 heterocycles. The normalized spacial score (nSPS) is 11.5. The van der Waals surface area contributed by atoms with Crippen LogP contribution < -0.4 is 0 Å². The van der Waals surface area contributed by atoms with E-state index in [2.05, 4.69) is 34.0 Å². The van der Waals surface area contributed by atoms with Crippen molar-refractivity contribution in [2.24, 2.45) is 0 Å². The quantitative estimate of drug-likeness (QED) is 0.716. The molecule has 1 aromatic carbocycles. The van der Waals surface area contributed by atoms with Gasteiger partial charge < -0.3 is 10.2 Å². The van der Waals surface area contributed by atoms with E-state index >= 15 is 0 Å². The molecule has 0 saturated heterocycles. The Morgan fingerprint density at radius 3 is 2.19 bits per heavy atom. The first-order chi connectivity index (χ1) is 9.64. The Balaban J connectivity index is 2.55. The summed E-state index contributed by atoms with van der Waals surface area (Å²) in [7, 11) is 0. The molecule has 0 radical (unpaired) electrons. The number of fused-ring (bicyclic) bond motifs is 1. The average molecular weight is 284 g/mol. The van der Waals surface area contributed by atoms with Crippen LogP contribution in [0.2, 0.25) is 0 Å². The van der Waals surface area contributed by atoms with E-state index in [0.717, 1.165) is 0 Å². The number of benzene rings is 1. The highest BCUT2D eigenvalue weighted by atomic mass is 16.6. The molecule has 2 rings (SSSR count). The Labute approximate surface area is 122 Å². The van der Waals surface area contributed by atoms with Crippen molar-refractivity contribution in [3.63, 3.8) is 0 Å². The van der Waals surface area contributed by atoms with Crippen LogP contribution in [0, 0.1) is 23.7 Å². The molecule has 0 spiro atoms. The van der Waals surface area contributed by atoms with Crippen LogP contribution in [0.3, 0.4) is 0 Å². The van der Waals surface area contributed by atoms with Crippen molar-refractivity contribution >= 4 is 11.0 Å². The number of aliphatic hydroxyl groups is 2. The molecule has 0 saturated carbocycles. The largest absolute Gasteiger partial charge is 0.378 e. The maximum atomic E-state index is 9.69. The molecule has 108 valence electrons. The zero-order valence-corrected chi connectivity index (χ0v) is 12.4. The highest BCUT2D eigenvalue weighted by molar-refractivity contribution is 5.82. The number of hydrogen-bond acceptors (Lipinski definition) is 5. The van der Waals surface area contributed by atoms with Gasteiger partial charge in [0.2, 0.25) is 0 Å². The minimum absolute atomic E-state index is 0.514. The van der Waals surface area contributed by atoms with Crippen LogP contribution in [0.1, 0.15) is 38.8 Å². The van der Waals surface area contributed by atoms with Crippen molar-refractivity contribution in [1.82, 2.24) is 10.3 Å². The zero-order chi connectivity index (χ0) is 15.7. The van der Waals surface area contributed by atoms with Gasteiger partial charge in [0.05, 0.1) is 5.56 Å². The maximum Gasteiger partial charge on any atom is 0.150 e. The van der Waals surface area contributed by atoms with Crippen molar-refractivity contribution in [2.45, 2.75) is 38.9 Å². The van der Waals surface area contributed by atoms with Crippen molar-refractivity contribution < 1.29 is 14.8 Å². The molecule has 21 heavy (non-hydrogen) atoms. The molecule has 0 atom stereocenters. The zero-order valence-electron chi connectivity index (χ0n) is 12.4. The Hall–Kier alpha value is -2.34. The van der Waals surface area contributed by atoms with E-state index in [1.807, 2.05) is 0 Å². The summed E-state index contributed by atoms with van der Waals surface area (Å²) < 4.78 is 4.71. The molecular weight excluding hydrogens is 268 g/mol. The lowest BCUT2D eigenvalue weighted by molar-refractivity contribution is 0.143. The first-order valence-electron chi connectivity index (χ1n) is 6.41. The van der Waals surface area contributed by atoms with Gasteiger partial charge in [0.1, 0.15) is 16.7 Å². The Kier molecular flexibility index (Phi) is 3.74. The van der Waals surface area contributed by atoms with Gasteiger partial charge in [-0.1, -0.05) is 23.7 Å². The molecule has 2 aromatic rings. The monoisotopic (exact) mass is 284 g/mol. The Morgan fingerprint density at radius 2 is 1.57 bits per heavy atom. The standard InChI is InChI=1S/C16H16N2O3/c1-15(2,19)7-5-11-9-12(6-8-16(3,4)20)14-13(10-11)17-21-18-14/h9-10,19-20H,1-4H3. The molecule has 1 aromatic heterocycles. The summed E-state index contributed by atoms with van der Waals surface area (Å²) in [4.78, 5) is 0. The summed E-state index contributed by atoms with van der Waals surface area (Å²) in [6.07, 6.45) is 0. The van der Waals surface area contributed by atoms with Crippen molar-refractivity contribution in [3.05, 3.63) is 23.3 Å². The smallest absolute Gasteiger partial charge is 0.150 e. The lowest BCUT2D eigenvalue weighted by atomic mass is 10.1. The molecule has 2 N–H and O–H groups in total. The number of rotatable bonds is 0. The third-order valence-corrected chi connectivity index (χ3v) is 2.38. The molecule has 0 unspecified atom stereocenters. The molecule has 5 nitrogen and oxygen atoms in total. The molecule has 5 heteroatoms. The molecule has 0 fully saturated rings. The van der Waals surface area contributed by atoms with Crippen molar-refractivity contribution in [2.75, 3.05) is 0 Å². The predicted molar refractivity (Wildman–Crippen MR) is 78.2 cm³/mol. The number of aromatic nitrogens is 2. The highest BCUT2D eigenvalue weighted by Gasteiger charge is 2.11. The molecular formula is C16H16N2O3. The fraction of sp³-hybridized carbons (Fsp3) is 0.375. The number of hydrogen-bond donors (Lipinski definition) is 2. The van der Waals surface area contributed by atoms with E-state index in [9.17, 15) is 10.2 Å². The van der Waals surface area contributed by atoms with Gasteiger partial charge in [-0.05, 0) is 50.1 Å². The van der Waals surface area contributed by atoms with Gasteiger partial charge in [0.25, 0.3) is 0 Å². The van der Waals surface area contributed by atoms with Crippen LogP contribution in [0.15, 0.2) is 16.8 Å². The summed E-state index contributed by atoms with van der Waals surface area (Å²) in [5.74, 6) is 11.2. The van der Waals surface area contributed by atoms with Crippen molar-refractivity contribution in [1.29, 1.82) is 0 Å². The van der Waals surface area contributed by atoms with Crippen LogP contribution >= 0.6 is 0 Å². The van der Waals surface area contributed by atoms with Gasteiger partial charge >= 0.3 is 0 Å². The summed E-state index contributed by atoms with van der Waals surface area (Å²) in [5.41, 5.74) is 0.0447. The van der Waals surface area contributed by atoms with Gasteiger partial charge in [0.15, 0.2) is 5.52 Å². The van der Waals surface area contributed by atoms with Gasteiger partial charge in [-0.3, -0.25) is 0 Å². The van der Waals surface area contributed by atoms with E-state index in [-0.39, 0.29) is 0 Å². The van der Waals surface area contributed by atoms with Crippen LogP contribution in [0.5, 0.6) is 0 Å². The minimum Gasteiger partial charge on any atom is -0.378 e. The van der Waals surface area contributed by atoms with Gasteiger partial charge in [-0.15, -0.1) is 0 Å². The second-order valence-electron chi connectivity index (χ2n) is 5.77. The Morgan fingerprint density at radius 1 is 0.952 bits per heavy atom. The lowest BCUT2D eigenvalue weighted by Gasteiger charge is -2.06. The van der Waals surface area contributed by atoms with E-state index < -0.39 is 11.2 Å². The van der Waals surface area contributed by atoms with Gasteiger partial charge in [-0.2, -0.15) is 0 Å². The summed E-state index contributed by atoms with van der Waals surface area (Å²) in [6, 6.07) is 3.43. The molecule has 0 aliphatic carbocycles. The number of nitrogens with zero attached hydrogens (tertiary/aromatic N) is 2. The molecule has 0 bridgehead atoms. The predicted octanol–water partition coefficient (Wildman–Crippen LogP) is 1.47. The lowest BCUT2D eigenvalue weighted by Crippen LogP contribution is -2.14. The maximum absolute atomic E-state index is 9.69. The van der Waals surface area contributed by atoms with Crippen LogP contribution in [-0.4, -0.2) is 31.7 Å². The minimum atomic E-state index is -1.11. The van der Waals surface area contributed by atoms with E-state index in [1.165, 1.54) is 0 Å². The molecule has 0 aliphatic heterocycles. The van der Waals surface area contributed by atoms with Crippen molar-refractivity contribution in [3.8, 4) is 23.7 Å². The van der Waals surface area contributed by atoms with Crippen LogP contribution in [0.25, 0.3) is 11.0 Å². The van der Waals surface area contributed by atoms with Gasteiger partial charge in [-0.25, -0.2) is 4.63 Å². The topological polar surface area (TPSA) is 79.4 Å². The third-order valence-electron chi connectivity index (χ3n) is 2.38. The summed E-state index contributed by atoms with van der Waals surface area (Å²) in [6.45, 7) is 6.39.